The molecule has 0 aliphatic heterocycles. The zero-order valence-corrected chi connectivity index (χ0v) is 4.37. The number of hydrogen-bond donors (Lipinski definition) is 2. The molecule has 0 saturated heterocycles. The third-order valence-corrected chi connectivity index (χ3v) is 0.887. The molecule has 1 heterocycles. The number of rotatable bonds is 0. The van der Waals surface area contributed by atoms with Gasteiger partial charge < -0.3 is 14.8 Å². The van der Waals surface area contributed by atoms with Crippen molar-refractivity contribution in [1.29, 1.82) is 0 Å². The molecule has 0 radical (unpaired) electrons. The van der Waals surface area contributed by atoms with E-state index < -0.39 is 0 Å². The molecular weight excluding hydrogens is 108 g/mol. The van der Waals surface area contributed by atoms with E-state index in [-0.39, 0.29) is 11.8 Å². The van der Waals surface area contributed by atoms with Crippen molar-refractivity contribution >= 4 is 0 Å². The molecule has 2 N–H and O–H groups in total. The molecule has 0 atom stereocenters. The highest BCUT2D eigenvalue weighted by molar-refractivity contribution is 5.22. The molecule has 0 aromatic carbocycles. The summed E-state index contributed by atoms with van der Waals surface area (Å²) in [7, 11) is 1.59. The van der Waals surface area contributed by atoms with Crippen LogP contribution in [0.5, 0.6) is 11.8 Å². The number of nitrogens with zero attached hydrogens (tertiary/aromatic N) is 2. The molecular formula is C4H6N2O2. The lowest BCUT2D eigenvalue weighted by atomic mass is 10.8. The van der Waals surface area contributed by atoms with Gasteiger partial charge in [0.25, 0.3) is 11.8 Å². The Labute approximate surface area is 46.0 Å². The Hall–Kier alpha value is -1.19. The topological polar surface area (TPSA) is 58.3 Å². The van der Waals surface area contributed by atoms with Crippen LogP contribution in [-0.4, -0.2) is 19.8 Å². The highest BCUT2D eigenvalue weighted by Gasteiger charge is 2.01. The van der Waals surface area contributed by atoms with E-state index in [1.807, 2.05) is 0 Å². The van der Waals surface area contributed by atoms with Gasteiger partial charge in [-0.05, 0) is 0 Å². The molecule has 0 unspecified atom stereocenters. The molecule has 8 heavy (non-hydrogen) atoms. The molecule has 0 saturated carbocycles. The maximum atomic E-state index is 8.70. The van der Waals surface area contributed by atoms with Gasteiger partial charge in [0.2, 0.25) is 0 Å². The minimum Gasteiger partial charge on any atom is -0.491 e. The van der Waals surface area contributed by atoms with Crippen molar-refractivity contribution in [3.8, 4) is 11.8 Å². The van der Waals surface area contributed by atoms with Crippen LogP contribution in [-0.2, 0) is 7.05 Å². The summed E-state index contributed by atoms with van der Waals surface area (Å²) in [4.78, 5) is 3.38. The molecule has 0 bridgehead atoms. The second-order valence-electron chi connectivity index (χ2n) is 1.50. The maximum absolute atomic E-state index is 8.70. The fraction of sp³-hybridized carbons (Fsp3) is 0.250. The molecule has 4 heteroatoms. The number of aromatic nitrogens is 2. The highest BCUT2D eigenvalue weighted by atomic mass is 16.3. The van der Waals surface area contributed by atoms with Gasteiger partial charge in [-0.1, -0.05) is 0 Å². The molecule has 1 aromatic heterocycles. The molecule has 0 aliphatic carbocycles. The normalized spacial score (nSPS) is 9.62. The minimum absolute atomic E-state index is 0.204. The molecule has 0 fully saturated rings. The van der Waals surface area contributed by atoms with Gasteiger partial charge in [-0.15, -0.1) is 0 Å². The smallest absolute Gasteiger partial charge is 0.274 e. The van der Waals surface area contributed by atoms with Gasteiger partial charge in [-0.2, -0.15) is 4.98 Å². The van der Waals surface area contributed by atoms with Crippen molar-refractivity contribution in [2.45, 2.75) is 0 Å². The van der Waals surface area contributed by atoms with E-state index in [9.17, 15) is 0 Å². The summed E-state index contributed by atoms with van der Waals surface area (Å²) in [6.45, 7) is 0. The van der Waals surface area contributed by atoms with Gasteiger partial charge in [0, 0.05) is 7.05 Å². The Balaban J connectivity index is 3.19. The van der Waals surface area contributed by atoms with E-state index in [0.717, 1.165) is 0 Å². The average molecular weight is 114 g/mol. The summed E-state index contributed by atoms with van der Waals surface area (Å²) in [5.41, 5.74) is 0. The van der Waals surface area contributed by atoms with Crippen LogP contribution in [0.1, 0.15) is 0 Å². The van der Waals surface area contributed by atoms with Crippen LogP contribution in [0, 0.1) is 0 Å². The first kappa shape index (κ1) is 4.96. The molecule has 44 valence electrons. The Bertz CT molecular complexity index is 174. The minimum atomic E-state index is -0.326. The summed E-state index contributed by atoms with van der Waals surface area (Å²) >= 11 is 0. The van der Waals surface area contributed by atoms with E-state index in [1.54, 1.807) is 7.05 Å². The SMILES string of the molecule is Cn1cnc(O)c1O. The van der Waals surface area contributed by atoms with E-state index in [4.69, 9.17) is 10.2 Å². The third-order valence-electron chi connectivity index (χ3n) is 0.887. The lowest BCUT2D eigenvalue weighted by molar-refractivity contribution is 0.374. The number of imidazole rings is 1. The van der Waals surface area contributed by atoms with Crippen LogP contribution in [0.15, 0.2) is 6.33 Å². The zero-order chi connectivity index (χ0) is 6.15. The standard InChI is InChI=1S/C4H6N2O2/c1-6-2-5-3(7)4(6)8/h2,7-8H,1H3. The first-order valence-corrected chi connectivity index (χ1v) is 2.11. The van der Waals surface area contributed by atoms with Crippen LogP contribution >= 0.6 is 0 Å². The Kier molecular flexibility index (Phi) is 0.865. The van der Waals surface area contributed by atoms with Gasteiger partial charge in [0.1, 0.15) is 6.33 Å². The average Bonchev–Trinajstić information content (AvgIpc) is 1.98. The van der Waals surface area contributed by atoms with E-state index in [2.05, 4.69) is 4.98 Å². The van der Waals surface area contributed by atoms with Crippen molar-refractivity contribution in [2.75, 3.05) is 0 Å². The van der Waals surface area contributed by atoms with Crippen LogP contribution in [0.3, 0.4) is 0 Å². The van der Waals surface area contributed by atoms with E-state index >= 15 is 0 Å². The van der Waals surface area contributed by atoms with Crippen molar-refractivity contribution in [1.82, 2.24) is 9.55 Å². The second-order valence-corrected chi connectivity index (χ2v) is 1.50. The second kappa shape index (κ2) is 1.40. The Morgan fingerprint density at radius 2 is 2.25 bits per heavy atom. The highest BCUT2D eigenvalue weighted by Crippen LogP contribution is 2.18. The van der Waals surface area contributed by atoms with E-state index in [0.29, 0.717) is 0 Å². The summed E-state index contributed by atoms with van der Waals surface area (Å²) < 4.78 is 1.31. The van der Waals surface area contributed by atoms with Gasteiger partial charge >= 0.3 is 0 Å². The number of aromatic hydroxyl groups is 2. The van der Waals surface area contributed by atoms with Crippen LogP contribution < -0.4 is 0 Å². The number of aryl methyl sites for hydroxylation is 1. The van der Waals surface area contributed by atoms with Crippen LogP contribution in [0.4, 0.5) is 0 Å². The monoisotopic (exact) mass is 114 g/mol. The van der Waals surface area contributed by atoms with Gasteiger partial charge in [0.15, 0.2) is 0 Å². The fourth-order valence-electron chi connectivity index (χ4n) is 0.411. The maximum Gasteiger partial charge on any atom is 0.274 e. The molecule has 0 amide bonds. The van der Waals surface area contributed by atoms with Crippen molar-refractivity contribution in [2.24, 2.45) is 7.05 Å². The first-order chi connectivity index (χ1) is 3.72. The lowest BCUT2D eigenvalue weighted by Crippen LogP contribution is -1.80. The van der Waals surface area contributed by atoms with Crippen molar-refractivity contribution in [3.05, 3.63) is 6.33 Å². The lowest BCUT2D eigenvalue weighted by Gasteiger charge is -1.88. The van der Waals surface area contributed by atoms with Gasteiger partial charge in [0.05, 0.1) is 0 Å². The molecule has 4 nitrogen and oxygen atoms in total. The zero-order valence-electron chi connectivity index (χ0n) is 4.37. The van der Waals surface area contributed by atoms with Crippen LogP contribution in [0.25, 0.3) is 0 Å². The predicted molar refractivity (Wildman–Crippen MR) is 26.5 cm³/mol. The summed E-state index contributed by atoms with van der Waals surface area (Å²) in [6, 6.07) is 0. The Morgan fingerprint density at radius 3 is 2.38 bits per heavy atom. The first-order valence-electron chi connectivity index (χ1n) is 2.11. The van der Waals surface area contributed by atoms with Crippen molar-refractivity contribution in [3.63, 3.8) is 0 Å². The molecule has 0 spiro atoms. The molecule has 0 aliphatic rings. The fourth-order valence-corrected chi connectivity index (χ4v) is 0.411. The quantitative estimate of drug-likeness (QED) is 0.492. The van der Waals surface area contributed by atoms with Crippen molar-refractivity contribution < 1.29 is 10.2 Å². The largest absolute Gasteiger partial charge is 0.491 e. The summed E-state index contributed by atoms with van der Waals surface area (Å²) in [6.07, 6.45) is 1.32. The van der Waals surface area contributed by atoms with Gasteiger partial charge in [-0.3, -0.25) is 0 Å². The van der Waals surface area contributed by atoms with Crippen LogP contribution in [0.2, 0.25) is 0 Å². The summed E-state index contributed by atoms with van der Waals surface area (Å²) in [5, 5.41) is 17.3. The molecule has 1 aromatic rings. The molecule has 1 rings (SSSR count). The predicted octanol–water partition coefficient (Wildman–Crippen LogP) is -0.169. The Morgan fingerprint density at radius 1 is 1.62 bits per heavy atom. The third kappa shape index (κ3) is 0.501. The van der Waals surface area contributed by atoms with E-state index in [1.165, 1.54) is 10.9 Å². The van der Waals surface area contributed by atoms with Gasteiger partial charge in [-0.25, -0.2) is 0 Å². The summed E-state index contributed by atoms with van der Waals surface area (Å²) in [5.74, 6) is -0.530. The number of hydrogen-bond acceptors (Lipinski definition) is 3.